The lowest BCUT2D eigenvalue weighted by molar-refractivity contribution is -0.125. The molecule has 0 atom stereocenters. The molecule has 2 heterocycles. The number of benzene rings is 1. The summed E-state index contributed by atoms with van der Waals surface area (Å²) < 4.78 is 0. The Labute approximate surface area is 143 Å². The molecule has 5 heteroatoms. The van der Waals surface area contributed by atoms with Gasteiger partial charge in [0.15, 0.2) is 6.19 Å². The van der Waals surface area contributed by atoms with Crippen LogP contribution in [0.4, 0.5) is 5.69 Å². The third-order valence-corrected chi connectivity index (χ3v) is 4.77. The van der Waals surface area contributed by atoms with Crippen LogP contribution in [0.1, 0.15) is 24.8 Å². The van der Waals surface area contributed by atoms with Gasteiger partial charge < -0.3 is 14.7 Å². The summed E-state index contributed by atoms with van der Waals surface area (Å²) in [5, 5.41) is 8.87. The maximum absolute atomic E-state index is 12.3. The number of likely N-dealkylation sites (tertiary alicyclic amines) is 1. The van der Waals surface area contributed by atoms with Crippen LogP contribution in [0, 0.1) is 11.5 Å². The van der Waals surface area contributed by atoms with Crippen LogP contribution in [-0.2, 0) is 11.3 Å². The number of rotatable bonds is 4. The fourth-order valence-corrected chi connectivity index (χ4v) is 3.31. The van der Waals surface area contributed by atoms with Crippen molar-refractivity contribution in [3.63, 3.8) is 0 Å². The fourth-order valence-electron chi connectivity index (χ4n) is 3.31. The molecular formula is C19H24N4O. The first-order valence-corrected chi connectivity index (χ1v) is 8.59. The minimum Gasteiger partial charge on any atom is -0.372 e. The molecule has 1 aromatic carbocycles. The number of amides is 1. The van der Waals surface area contributed by atoms with Crippen LogP contribution in [0.25, 0.3) is 0 Å². The van der Waals surface area contributed by atoms with Gasteiger partial charge in [-0.15, -0.1) is 0 Å². The van der Waals surface area contributed by atoms with Crippen LogP contribution in [-0.4, -0.2) is 48.9 Å². The van der Waals surface area contributed by atoms with E-state index in [0.717, 1.165) is 37.2 Å². The lowest BCUT2D eigenvalue weighted by Crippen LogP contribution is -2.25. The smallest absolute Gasteiger partial charge is 0.246 e. The van der Waals surface area contributed by atoms with Gasteiger partial charge in [0.05, 0.1) is 0 Å². The second kappa shape index (κ2) is 7.39. The number of carbonyl (C=O) groups is 1. The van der Waals surface area contributed by atoms with Crippen LogP contribution in [0.2, 0.25) is 0 Å². The van der Waals surface area contributed by atoms with Gasteiger partial charge in [0.2, 0.25) is 5.91 Å². The molecule has 0 unspecified atom stereocenters. The maximum atomic E-state index is 12.3. The first-order chi connectivity index (χ1) is 11.7. The molecule has 2 aliphatic rings. The summed E-state index contributed by atoms with van der Waals surface area (Å²) in [4.78, 5) is 18.1. The third kappa shape index (κ3) is 3.88. The minimum absolute atomic E-state index is 0.00779. The summed E-state index contributed by atoms with van der Waals surface area (Å²) in [7, 11) is 1.82. The topological polar surface area (TPSA) is 50.6 Å². The quantitative estimate of drug-likeness (QED) is 0.630. The Bertz CT molecular complexity index is 653. The highest BCUT2D eigenvalue weighted by atomic mass is 16.2. The number of nitrogens with zero attached hydrogens (tertiary/aromatic N) is 4. The largest absolute Gasteiger partial charge is 0.372 e. The van der Waals surface area contributed by atoms with Crippen LogP contribution in [0.3, 0.4) is 0 Å². The molecule has 2 fully saturated rings. The molecule has 3 rings (SSSR count). The molecule has 24 heavy (non-hydrogen) atoms. The first kappa shape index (κ1) is 16.4. The normalized spacial score (nSPS) is 18.9. The zero-order chi connectivity index (χ0) is 16.9. The maximum Gasteiger partial charge on any atom is 0.246 e. The Morgan fingerprint density at radius 1 is 1.25 bits per heavy atom. The van der Waals surface area contributed by atoms with Gasteiger partial charge in [0.25, 0.3) is 0 Å². The van der Waals surface area contributed by atoms with Crippen molar-refractivity contribution in [2.45, 2.75) is 25.8 Å². The Hall–Kier alpha value is -2.48. The standard InChI is InChI=1S/C19H24N4O/c1-21(19(24)12-17-8-11-22(14-17)15-20)13-16-4-6-18(7-5-16)23-9-2-3-10-23/h4-7,12H,2-3,8-11,13-14H2,1H3/b17-12-. The van der Waals surface area contributed by atoms with Gasteiger partial charge in [0, 0.05) is 51.5 Å². The van der Waals surface area contributed by atoms with E-state index >= 15 is 0 Å². The number of carbonyl (C=O) groups excluding carboxylic acids is 1. The molecule has 0 aromatic heterocycles. The van der Waals surface area contributed by atoms with E-state index in [4.69, 9.17) is 5.26 Å². The molecule has 5 nitrogen and oxygen atoms in total. The second-order valence-corrected chi connectivity index (χ2v) is 6.63. The second-order valence-electron chi connectivity index (χ2n) is 6.63. The van der Waals surface area contributed by atoms with Gasteiger partial charge in [-0.25, -0.2) is 0 Å². The number of anilines is 1. The van der Waals surface area contributed by atoms with E-state index in [1.165, 1.54) is 18.5 Å². The molecular weight excluding hydrogens is 300 g/mol. The van der Waals surface area contributed by atoms with Crippen molar-refractivity contribution < 1.29 is 4.79 Å². The zero-order valence-corrected chi connectivity index (χ0v) is 14.2. The van der Waals surface area contributed by atoms with Crippen molar-refractivity contribution >= 4 is 11.6 Å². The molecule has 0 radical (unpaired) electrons. The summed E-state index contributed by atoms with van der Waals surface area (Å²) in [6.45, 7) is 4.19. The molecule has 1 amide bonds. The molecule has 1 aromatic rings. The van der Waals surface area contributed by atoms with E-state index < -0.39 is 0 Å². The van der Waals surface area contributed by atoms with E-state index in [2.05, 4.69) is 35.4 Å². The summed E-state index contributed by atoms with van der Waals surface area (Å²) in [6.07, 6.45) is 7.17. The molecule has 0 saturated carbocycles. The average molecular weight is 324 g/mol. The van der Waals surface area contributed by atoms with Crippen molar-refractivity contribution in [2.75, 3.05) is 38.1 Å². The number of nitriles is 1. The fraction of sp³-hybridized carbons (Fsp3) is 0.474. The molecule has 0 N–H and O–H groups in total. The van der Waals surface area contributed by atoms with Gasteiger partial charge in [-0.3, -0.25) is 4.79 Å². The van der Waals surface area contributed by atoms with Gasteiger partial charge in [-0.1, -0.05) is 12.1 Å². The lowest BCUT2D eigenvalue weighted by atomic mass is 10.1. The van der Waals surface area contributed by atoms with E-state index in [1.54, 1.807) is 15.9 Å². The Morgan fingerprint density at radius 2 is 1.96 bits per heavy atom. The highest BCUT2D eigenvalue weighted by Gasteiger charge is 2.17. The summed E-state index contributed by atoms with van der Waals surface area (Å²) in [5.74, 6) is 0.00779. The van der Waals surface area contributed by atoms with Crippen LogP contribution >= 0.6 is 0 Å². The van der Waals surface area contributed by atoms with Crippen molar-refractivity contribution in [1.29, 1.82) is 5.26 Å². The predicted octanol–water partition coefficient (Wildman–Crippen LogP) is 2.36. The molecule has 0 spiro atoms. The van der Waals surface area contributed by atoms with Crippen LogP contribution < -0.4 is 4.90 Å². The van der Waals surface area contributed by atoms with Gasteiger partial charge in [-0.05, 0) is 42.5 Å². The first-order valence-electron chi connectivity index (χ1n) is 8.59. The summed E-state index contributed by atoms with van der Waals surface area (Å²) in [5.41, 5.74) is 3.45. The summed E-state index contributed by atoms with van der Waals surface area (Å²) >= 11 is 0. The van der Waals surface area contributed by atoms with E-state index in [1.807, 2.05) is 7.05 Å². The molecule has 0 bridgehead atoms. The Balaban J connectivity index is 1.56. The van der Waals surface area contributed by atoms with E-state index in [-0.39, 0.29) is 5.91 Å². The molecule has 126 valence electrons. The van der Waals surface area contributed by atoms with Crippen molar-refractivity contribution in [3.8, 4) is 6.19 Å². The minimum atomic E-state index is 0.00779. The van der Waals surface area contributed by atoms with Gasteiger partial charge in [0.1, 0.15) is 0 Å². The van der Waals surface area contributed by atoms with Gasteiger partial charge >= 0.3 is 0 Å². The lowest BCUT2D eigenvalue weighted by Gasteiger charge is -2.19. The van der Waals surface area contributed by atoms with E-state index in [0.29, 0.717) is 13.1 Å². The predicted molar refractivity (Wildman–Crippen MR) is 94.2 cm³/mol. The SMILES string of the molecule is CN(Cc1ccc(N2CCCC2)cc1)C(=O)/C=C1/CCN(C#N)C1. The van der Waals surface area contributed by atoms with Crippen LogP contribution in [0.15, 0.2) is 35.9 Å². The Morgan fingerprint density at radius 3 is 2.58 bits per heavy atom. The highest BCUT2D eigenvalue weighted by Crippen LogP contribution is 2.21. The number of hydrogen-bond acceptors (Lipinski definition) is 4. The molecule has 0 aliphatic carbocycles. The zero-order valence-electron chi connectivity index (χ0n) is 14.2. The van der Waals surface area contributed by atoms with Crippen molar-refractivity contribution in [3.05, 3.63) is 41.5 Å². The molecule has 2 saturated heterocycles. The summed E-state index contributed by atoms with van der Waals surface area (Å²) in [6, 6.07) is 8.52. The van der Waals surface area contributed by atoms with Gasteiger partial charge in [-0.2, -0.15) is 5.26 Å². The van der Waals surface area contributed by atoms with Crippen molar-refractivity contribution in [2.24, 2.45) is 0 Å². The van der Waals surface area contributed by atoms with Crippen molar-refractivity contribution in [1.82, 2.24) is 9.80 Å². The highest BCUT2D eigenvalue weighted by molar-refractivity contribution is 5.88. The Kier molecular flexibility index (Phi) is 5.05. The van der Waals surface area contributed by atoms with E-state index in [9.17, 15) is 4.79 Å². The monoisotopic (exact) mass is 324 g/mol. The number of likely N-dealkylation sites (N-methyl/N-ethyl adjacent to an activating group) is 1. The van der Waals surface area contributed by atoms with Crippen LogP contribution in [0.5, 0.6) is 0 Å². The molecule has 2 aliphatic heterocycles. The number of hydrogen-bond donors (Lipinski definition) is 0. The average Bonchev–Trinajstić information content (AvgIpc) is 3.27. The third-order valence-electron chi connectivity index (χ3n) is 4.77.